The highest BCUT2D eigenvalue weighted by Crippen LogP contribution is 2.19. The van der Waals surface area contributed by atoms with Crippen molar-refractivity contribution in [2.45, 2.75) is 26.6 Å². The zero-order chi connectivity index (χ0) is 13.7. The highest BCUT2D eigenvalue weighted by Gasteiger charge is 2.10. The van der Waals surface area contributed by atoms with E-state index in [2.05, 4.69) is 13.0 Å². The van der Waals surface area contributed by atoms with Crippen LogP contribution in [0.25, 0.3) is 0 Å². The molecule has 2 heteroatoms. The zero-order valence-electron chi connectivity index (χ0n) is 11.5. The number of hydrogen-bond donors (Lipinski definition) is 1. The first-order chi connectivity index (χ1) is 9.16. The summed E-state index contributed by atoms with van der Waals surface area (Å²) < 4.78 is 5.57. The first-order valence-corrected chi connectivity index (χ1v) is 6.53. The molecule has 0 fully saturated rings. The van der Waals surface area contributed by atoms with Crippen LogP contribution in [0.15, 0.2) is 48.5 Å². The molecule has 100 valence electrons. The van der Waals surface area contributed by atoms with Gasteiger partial charge in [-0.3, -0.25) is 0 Å². The van der Waals surface area contributed by atoms with Crippen LogP contribution in [0.1, 0.15) is 28.4 Å². The van der Waals surface area contributed by atoms with Gasteiger partial charge in [0, 0.05) is 0 Å². The Morgan fingerprint density at radius 3 is 2.47 bits per heavy atom. The predicted molar refractivity (Wildman–Crippen MR) is 77.0 cm³/mol. The molecule has 1 N–H and O–H groups in total. The van der Waals surface area contributed by atoms with Crippen LogP contribution < -0.4 is 0 Å². The molecule has 1 unspecified atom stereocenters. The topological polar surface area (TPSA) is 29.5 Å². The van der Waals surface area contributed by atoms with Gasteiger partial charge in [0.1, 0.15) is 6.10 Å². The number of rotatable bonds is 5. The van der Waals surface area contributed by atoms with E-state index in [1.165, 1.54) is 5.56 Å². The summed E-state index contributed by atoms with van der Waals surface area (Å²) in [5, 5.41) is 10.1. The molecule has 2 aromatic carbocycles. The lowest BCUT2D eigenvalue weighted by Crippen LogP contribution is -2.08. The maximum atomic E-state index is 10.1. The van der Waals surface area contributed by atoms with Gasteiger partial charge < -0.3 is 9.84 Å². The number of aliphatic hydroxyl groups is 1. The average molecular weight is 256 g/mol. The van der Waals surface area contributed by atoms with Gasteiger partial charge in [0.25, 0.3) is 0 Å². The van der Waals surface area contributed by atoms with Gasteiger partial charge in [0.15, 0.2) is 0 Å². The second-order valence-corrected chi connectivity index (χ2v) is 4.88. The van der Waals surface area contributed by atoms with Crippen LogP contribution in [0.5, 0.6) is 0 Å². The SMILES string of the molecule is Cc1ccc(C(O)COCc2ccccc2)c(C)c1. The van der Waals surface area contributed by atoms with Crippen molar-refractivity contribution < 1.29 is 9.84 Å². The Balaban J connectivity index is 1.89. The van der Waals surface area contributed by atoms with Gasteiger partial charge in [-0.2, -0.15) is 0 Å². The van der Waals surface area contributed by atoms with E-state index in [0.29, 0.717) is 13.2 Å². The van der Waals surface area contributed by atoms with Crippen molar-refractivity contribution in [1.29, 1.82) is 0 Å². The summed E-state index contributed by atoms with van der Waals surface area (Å²) in [6.07, 6.45) is -0.565. The van der Waals surface area contributed by atoms with Gasteiger partial charge >= 0.3 is 0 Å². The van der Waals surface area contributed by atoms with E-state index in [9.17, 15) is 5.11 Å². The minimum Gasteiger partial charge on any atom is -0.386 e. The number of benzene rings is 2. The Kier molecular flexibility index (Phi) is 4.72. The second kappa shape index (κ2) is 6.50. The van der Waals surface area contributed by atoms with Gasteiger partial charge in [-0.25, -0.2) is 0 Å². The molecule has 2 nitrogen and oxygen atoms in total. The first-order valence-electron chi connectivity index (χ1n) is 6.53. The normalized spacial score (nSPS) is 12.4. The number of ether oxygens (including phenoxy) is 1. The lowest BCUT2D eigenvalue weighted by Gasteiger charge is -2.14. The van der Waals surface area contributed by atoms with Crippen LogP contribution in [-0.2, 0) is 11.3 Å². The van der Waals surface area contributed by atoms with Gasteiger partial charge in [0.2, 0.25) is 0 Å². The van der Waals surface area contributed by atoms with Crippen LogP contribution in [0.3, 0.4) is 0 Å². The predicted octanol–water partition coefficient (Wildman–Crippen LogP) is 3.55. The minimum atomic E-state index is -0.565. The Labute approximate surface area is 114 Å². The molecular weight excluding hydrogens is 236 g/mol. The monoisotopic (exact) mass is 256 g/mol. The van der Waals surface area contributed by atoms with E-state index in [-0.39, 0.29) is 0 Å². The van der Waals surface area contributed by atoms with Gasteiger partial charge in [-0.05, 0) is 30.5 Å². The molecule has 0 amide bonds. The van der Waals surface area contributed by atoms with E-state index < -0.39 is 6.10 Å². The molecule has 2 rings (SSSR count). The molecule has 0 heterocycles. The van der Waals surface area contributed by atoms with Crippen molar-refractivity contribution in [2.24, 2.45) is 0 Å². The van der Waals surface area contributed by atoms with Crippen molar-refractivity contribution in [3.8, 4) is 0 Å². The number of aryl methyl sites for hydroxylation is 2. The fraction of sp³-hybridized carbons (Fsp3) is 0.294. The third-order valence-corrected chi connectivity index (χ3v) is 3.17. The molecule has 0 bridgehead atoms. The summed E-state index contributed by atoms with van der Waals surface area (Å²) in [6, 6.07) is 16.1. The summed E-state index contributed by atoms with van der Waals surface area (Å²) in [5.74, 6) is 0. The molecule has 0 saturated heterocycles. The Morgan fingerprint density at radius 2 is 1.79 bits per heavy atom. The molecule has 0 saturated carbocycles. The van der Waals surface area contributed by atoms with Crippen molar-refractivity contribution >= 4 is 0 Å². The first kappa shape index (κ1) is 13.8. The van der Waals surface area contributed by atoms with E-state index >= 15 is 0 Å². The van der Waals surface area contributed by atoms with Crippen LogP contribution in [0.2, 0.25) is 0 Å². The number of hydrogen-bond acceptors (Lipinski definition) is 2. The molecule has 0 aliphatic heterocycles. The van der Waals surface area contributed by atoms with E-state index in [1.807, 2.05) is 49.4 Å². The second-order valence-electron chi connectivity index (χ2n) is 4.88. The fourth-order valence-corrected chi connectivity index (χ4v) is 2.15. The summed E-state index contributed by atoms with van der Waals surface area (Å²) in [5.41, 5.74) is 4.38. The zero-order valence-corrected chi connectivity index (χ0v) is 11.5. The number of aliphatic hydroxyl groups excluding tert-OH is 1. The van der Waals surface area contributed by atoms with E-state index in [4.69, 9.17) is 4.74 Å². The smallest absolute Gasteiger partial charge is 0.103 e. The Hall–Kier alpha value is -1.64. The molecule has 0 aliphatic carbocycles. The average Bonchev–Trinajstić information content (AvgIpc) is 2.39. The quantitative estimate of drug-likeness (QED) is 0.886. The molecule has 0 aromatic heterocycles. The molecule has 2 aromatic rings. The van der Waals surface area contributed by atoms with Crippen molar-refractivity contribution in [3.05, 3.63) is 70.8 Å². The molecule has 0 radical (unpaired) electrons. The van der Waals surface area contributed by atoms with Gasteiger partial charge in [0.05, 0.1) is 13.2 Å². The van der Waals surface area contributed by atoms with Crippen LogP contribution in [0.4, 0.5) is 0 Å². The highest BCUT2D eigenvalue weighted by atomic mass is 16.5. The summed E-state index contributed by atoms with van der Waals surface area (Å²) in [4.78, 5) is 0. The standard InChI is InChI=1S/C17H20O2/c1-13-8-9-16(14(2)10-13)17(18)12-19-11-15-6-4-3-5-7-15/h3-10,17-18H,11-12H2,1-2H3. The van der Waals surface area contributed by atoms with Crippen molar-refractivity contribution in [1.82, 2.24) is 0 Å². The van der Waals surface area contributed by atoms with Crippen LogP contribution in [-0.4, -0.2) is 11.7 Å². The Bertz CT molecular complexity index is 520. The lowest BCUT2D eigenvalue weighted by molar-refractivity contribution is 0.0274. The third-order valence-electron chi connectivity index (χ3n) is 3.17. The largest absolute Gasteiger partial charge is 0.386 e. The summed E-state index contributed by atoms with van der Waals surface area (Å²) >= 11 is 0. The Morgan fingerprint density at radius 1 is 1.05 bits per heavy atom. The maximum Gasteiger partial charge on any atom is 0.103 e. The molecule has 0 aliphatic rings. The molecule has 0 spiro atoms. The summed E-state index contributed by atoms with van der Waals surface area (Å²) in [6.45, 7) is 4.92. The van der Waals surface area contributed by atoms with Crippen LogP contribution in [0, 0.1) is 13.8 Å². The maximum absolute atomic E-state index is 10.1. The molecule has 1 atom stereocenters. The fourth-order valence-electron chi connectivity index (χ4n) is 2.15. The van der Waals surface area contributed by atoms with Gasteiger partial charge in [-0.1, -0.05) is 54.1 Å². The highest BCUT2D eigenvalue weighted by molar-refractivity contribution is 5.32. The molecular formula is C17H20O2. The van der Waals surface area contributed by atoms with Gasteiger partial charge in [-0.15, -0.1) is 0 Å². The lowest BCUT2D eigenvalue weighted by atomic mass is 10.0. The molecule has 19 heavy (non-hydrogen) atoms. The summed E-state index contributed by atoms with van der Waals surface area (Å²) in [7, 11) is 0. The van der Waals surface area contributed by atoms with E-state index in [0.717, 1.165) is 16.7 Å². The van der Waals surface area contributed by atoms with Crippen LogP contribution >= 0.6 is 0 Å². The van der Waals surface area contributed by atoms with E-state index in [1.54, 1.807) is 0 Å². The minimum absolute atomic E-state index is 0.318. The third kappa shape index (κ3) is 3.91. The van der Waals surface area contributed by atoms with Crippen molar-refractivity contribution in [2.75, 3.05) is 6.61 Å². The van der Waals surface area contributed by atoms with Crippen molar-refractivity contribution in [3.63, 3.8) is 0 Å².